The lowest BCUT2D eigenvalue weighted by Gasteiger charge is -2.19. The van der Waals surface area contributed by atoms with Crippen molar-refractivity contribution in [3.63, 3.8) is 0 Å². The Bertz CT molecular complexity index is 1440. The Morgan fingerprint density at radius 1 is 1.19 bits per heavy atom. The Balaban J connectivity index is 1.77. The van der Waals surface area contributed by atoms with Crippen LogP contribution in [0.1, 0.15) is 5.69 Å². The average Bonchev–Trinajstić information content (AvgIpc) is 3.37. The van der Waals surface area contributed by atoms with E-state index in [1.807, 2.05) is 0 Å². The number of hydrogen-bond acceptors (Lipinski definition) is 7. The molecule has 4 rings (SSSR count). The topological polar surface area (TPSA) is 85.2 Å². The highest BCUT2D eigenvalue weighted by molar-refractivity contribution is 6.31. The molecule has 2 heterocycles. The van der Waals surface area contributed by atoms with Gasteiger partial charge in [-0.05, 0) is 42.0 Å². The summed E-state index contributed by atoms with van der Waals surface area (Å²) in [6, 6.07) is 11.7. The van der Waals surface area contributed by atoms with Crippen LogP contribution >= 0.6 is 11.6 Å². The molecule has 2 aromatic heterocycles. The van der Waals surface area contributed by atoms with Crippen molar-refractivity contribution in [3.8, 4) is 16.9 Å². The highest BCUT2D eigenvalue weighted by Gasteiger charge is 2.34. The second kappa shape index (κ2) is 10.4. The van der Waals surface area contributed by atoms with E-state index >= 15 is 0 Å². The summed E-state index contributed by atoms with van der Waals surface area (Å²) in [6.45, 7) is -0.0134. The highest BCUT2D eigenvalue weighted by atomic mass is 35.5. The Labute approximate surface area is 213 Å². The molecule has 0 saturated heterocycles. The van der Waals surface area contributed by atoms with Crippen LogP contribution in [0, 0.1) is 5.82 Å². The maximum atomic E-state index is 13.5. The quantitative estimate of drug-likeness (QED) is 0.248. The minimum atomic E-state index is -4.65. The van der Waals surface area contributed by atoms with Gasteiger partial charge >= 0.3 is 12.1 Å². The van der Waals surface area contributed by atoms with Crippen LogP contribution in [0.25, 0.3) is 16.9 Å². The van der Waals surface area contributed by atoms with Crippen molar-refractivity contribution in [1.29, 1.82) is 0 Å². The number of nitrogens with zero attached hydrogens (tertiary/aromatic N) is 5. The van der Waals surface area contributed by atoms with Crippen molar-refractivity contribution < 1.29 is 27.1 Å². The predicted molar refractivity (Wildman–Crippen MR) is 130 cm³/mol. The van der Waals surface area contributed by atoms with E-state index in [9.17, 15) is 22.4 Å². The Kier molecular flexibility index (Phi) is 7.30. The maximum Gasteiger partial charge on any atom is 0.435 e. The number of halogens is 5. The standard InChI is InChI=1S/C24H19ClF4N6O2/c1-34(13-21(36)37-2)16-5-3-4-14(10-16)17-12-30-23(31-15-6-7-19(26)18(25)11-15)32-22(17)35-9-8-20(33-35)24(27,28)29/h3-12H,13H2,1-2H3,(H,30,31,32). The fourth-order valence-corrected chi connectivity index (χ4v) is 3.55. The van der Waals surface area contributed by atoms with Crippen molar-refractivity contribution in [2.75, 3.05) is 30.9 Å². The Hall–Kier alpha value is -4.19. The molecule has 0 spiro atoms. The van der Waals surface area contributed by atoms with Gasteiger partial charge in [0, 0.05) is 36.4 Å². The largest absolute Gasteiger partial charge is 0.468 e. The SMILES string of the molecule is COC(=O)CN(C)c1cccc(-c2cnc(Nc3ccc(F)c(Cl)c3)nc2-n2ccc(C(F)(F)F)n2)c1. The lowest BCUT2D eigenvalue weighted by molar-refractivity contribution is -0.141. The number of ether oxygens (including phenoxy) is 1. The number of carbonyl (C=O) groups excluding carboxylic acids is 1. The van der Waals surface area contributed by atoms with Gasteiger partial charge in [-0.2, -0.15) is 23.3 Å². The minimum Gasteiger partial charge on any atom is -0.468 e. The molecule has 0 fully saturated rings. The molecule has 0 amide bonds. The van der Waals surface area contributed by atoms with Crippen molar-refractivity contribution in [1.82, 2.24) is 19.7 Å². The molecule has 0 aliphatic heterocycles. The molecule has 1 N–H and O–H groups in total. The van der Waals surface area contributed by atoms with Crippen LogP contribution in [0.3, 0.4) is 0 Å². The van der Waals surface area contributed by atoms with E-state index in [4.69, 9.17) is 16.3 Å². The molecule has 0 saturated carbocycles. The summed E-state index contributed by atoms with van der Waals surface area (Å²) in [5.41, 5.74) is 0.849. The molecule has 8 nitrogen and oxygen atoms in total. The molecule has 4 aromatic rings. The molecule has 0 aliphatic rings. The number of carbonyl (C=O) groups is 1. The Morgan fingerprint density at radius 3 is 2.65 bits per heavy atom. The van der Waals surface area contributed by atoms with Gasteiger partial charge in [0.1, 0.15) is 12.4 Å². The third-order valence-corrected chi connectivity index (χ3v) is 5.52. The molecule has 2 aromatic carbocycles. The van der Waals surface area contributed by atoms with Crippen LogP contribution in [0.15, 0.2) is 60.9 Å². The number of hydrogen-bond donors (Lipinski definition) is 1. The summed E-state index contributed by atoms with van der Waals surface area (Å²) in [5.74, 6) is -0.986. The number of alkyl halides is 3. The van der Waals surface area contributed by atoms with Crippen molar-refractivity contribution in [3.05, 3.63) is 77.5 Å². The first-order chi connectivity index (χ1) is 17.5. The van der Waals surface area contributed by atoms with Crippen LogP contribution in [-0.4, -0.2) is 46.4 Å². The van der Waals surface area contributed by atoms with E-state index in [-0.39, 0.29) is 23.3 Å². The molecular formula is C24H19ClF4N6O2. The van der Waals surface area contributed by atoms with Gasteiger partial charge in [-0.15, -0.1) is 0 Å². The number of methoxy groups -OCH3 is 1. The fourth-order valence-electron chi connectivity index (χ4n) is 3.37. The first-order valence-electron chi connectivity index (χ1n) is 10.7. The van der Waals surface area contributed by atoms with Crippen LogP contribution in [0.4, 0.5) is 34.9 Å². The van der Waals surface area contributed by atoms with Crippen LogP contribution in [0.2, 0.25) is 5.02 Å². The summed E-state index contributed by atoms with van der Waals surface area (Å²) in [5, 5.41) is 6.38. The van der Waals surface area contributed by atoms with Crippen molar-refractivity contribution in [2.45, 2.75) is 6.18 Å². The number of anilines is 3. The summed E-state index contributed by atoms with van der Waals surface area (Å²) in [7, 11) is 2.97. The molecular weight excluding hydrogens is 516 g/mol. The number of rotatable bonds is 7. The van der Waals surface area contributed by atoms with E-state index in [1.54, 1.807) is 36.2 Å². The zero-order valence-electron chi connectivity index (χ0n) is 19.4. The van der Waals surface area contributed by atoms with Gasteiger partial charge in [-0.1, -0.05) is 23.7 Å². The van der Waals surface area contributed by atoms with E-state index in [2.05, 4.69) is 20.4 Å². The zero-order valence-corrected chi connectivity index (χ0v) is 20.2. The lowest BCUT2D eigenvalue weighted by Crippen LogP contribution is -2.26. The number of benzene rings is 2. The summed E-state index contributed by atoms with van der Waals surface area (Å²) < 4.78 is 58.9. The minimum absolute atomic E-state index is 0.0134. The molecule has 0 unspecified atom stereocenters. The second-order valence-corrected chi connectivity index (χ2v) is 8.22. The second-order valence-electron chi connectivity index (χ2n) is 7.81. The normalized spacial score (nSPS) is 11.3. The smallest absolute Gasteiger partial charge is 0.435 e. The van der Waals surface area contributed by atoms with Crippen LogP contribution in [0.5, 0.6) is 0 Å². The van der Waals surface area contributed by atoms with Crippen LogP contribution in [-0.2, 0) is 15.7 Å². The Morgan fingerprint density at radius 2 is 1.97 bits per heavy atom. The first-order valence-corrected chi connectivity index (χ1v) is 11.0. The molecule has 192 valence electrons. The zero-order chi connectivity index (χ0) is 26.7. The molecule has 0 aliphatic carbocycles. The van der Waals surface area contributed by atoms with Gasteiger partial charge in [0.05, 0.1) is 12.1 Å². The van der Waals surface area contributed by atoms with Gasteiger partial charge in [-0.25, -0.2) is 14.1 Å². The highest BCUT2D eigenvalue weighted by Crippen LogP contribution is 2.32. The number of aromatic nitrogens is 4. The van der Waals surface area contributed by atoms with Gasteiger partial charge in [0.2, 0.25) is 5.95 Å². The lowest BCUT2D eigenvalue weighted by atomic mass is 10.1. The van der Waals surface area contributed by atoms with Crippen molar-refractivity contribution >= 4 is 34.9 Å². The third kappa shape index (κ3) is 5.97. The van der Waals surface area contributed by atoms with Crippen molar-refractivity contribution in [2.24, 2.45) is 0 Å². The van der Waals surface area contributed by atoms with Gasteiger partial charge in [0.15, 0.2) is 11.5 Å². The third-order valence-electron chi connectivity index (χ3n) is 5.23. The predicted octanol–water partition coefficient (Wildman–Crippen LogP) is 5.49. The number of esters is 1. The van der Waals surface area contributed by atoms with Gasteiger partial charge in [0.25, 0.3) is 0 Å². The van der Waals surface area contributed by atoms with Gasteiger partial charge in [-0.3, -0.25) is 4.79 Å². The maximum absolute atomic E-state index is 13.5. The fraction of sp³-hybridized carbons (Fsp3) is 0.167. The molecule has 0 atom stereocenters. The monoisotopic (exact) mass is 534 g/mol. The first kappa shape index (κ1) is 25.9. The number of likely N-dealkylation sites (N-methyl/N-ethyl adjacent to an activating group) is 1. The van der Waals surface area contributed by atoms with E-state index in [0.717, 1.165) is 23.0 Å². The van der Waals surface area contributed by atoms with E-state index in [1.165, 1.54) is 25.4 Å². The van der Waals surface area contributed by atoms with E-state index in [0.29, 0.717) is 22.5 Å². The van der Waals surface area contributed by atoms with E-state index < -0.39 is 23.7 Å². The summed E-state index contributed by atoms with van der Waals surface area (Å²) in [6.07, 6.45) is -2.09. The van der Waals surface area contributed by atoms with Gasteiger partial charge < -0.3 is 15.0 Å². The molecule has 0 radical (unpaired) electrons. The molecule has 13 heteroatoms. The number of nitrogens with one attached hydrogen (secondary N) is 1. The summed E-state index contributed by atoms with van der Waals surface area (Å²) in [4.78, 5) is 22.0. The molecule has 37 heavy (non-hydrogen) atoms. The average molecular weight is 535 g/mol. The summed E-state index contributed by atoms with van der Waals surface area (Å²) >= 11 is 5.83. The van der Waals surface area contributed by atoms with Crippen LogP contribution < -0.4 is 10.2 Å². The molecule has 0 bridgehead atoms.